The molecule has 0 spiro atoms. The van der Waals surface area contributed by atoms with Crippen molar-refractivity contribution in [2.24, 2.45) is 0 Å². The summed E-state index contributed by atoms with van der Waals surface area (Å²) in [7, 11) is 0. The molecule has 0 saturated carbocycles. The summed E-state index contributed by atoms with van der Waals surface area (Å²) in [6, 6.07) is -0.871. The van der Waals surface area contributed by atoms with Gasteiger partial charge in [0.1, 0.15) is 73.2 Å². The molecule has 0 aromatic carbocycles. The first-order chi connectivity index (χ1) is 25.8. The number of hydrogen-bond acceptors (Lipinski definition) is 18. The Hall–Kier alpha value is -1.21. The van der Waals surface area contributed by atoms with Gasteiger partial charge in [-0.15, -0.1) is 0 Å². The quantitative estimate of drug-likeness (QED) is 0.0450. The molecule has 17 atom stereocenters. The maximum Gasteiger partial charge on any atom is 0.220 e. The maximum absolute atomic E-state index is 12.6. The van der Waals surface area contributed by atoms with Crippen molar-refractivity contribution in [2.75, 3.05) is 26.4 Å². The van der Waals surface area contributed by atoms with Gasteiger partial charge in [0, 0.05) is 6.42 Å². The highest BCUT2D eigenvalue weighted by Gasteiger charge is 2.53. The minimum absolute atomic E-state index is 0.242. The lowest BCUT2D eigenvalue weighted by atomic mass is 9.96. The zero-order valence-electron chi connectivity index (χ0n) is 31.2. The number of amides is 1. The van der Waals surface area contributed by atoms with Gasteiger partial charge in [-0.1, -0.05) is 65.2 Å². The molecule has 17 unspecified atom stereocenters. The number of unbranched alkanes of at least 4 members (excludes halogenated alkanes) is 7. The molecule has 318 valence electrons. The Kier molecular flexibility index (Phi) is 20.9. The second kappa shape index (κ2) is 23.9. The second-order valence-electron chi connectivity index (χ2n) is 14.4. The topological polar surface area (TPSA) is 307 Å². The number of carbonyl (C=O) groups is 1. The fraction of sp³-hybridized carbons (Fsp3) is 0.971. The lowest BCUT2D eigenvalue weighted by Crippen LogP contribution is -2.66. The Bertz CT molecular complexity index is 1040. The fourth-order valence-electron chi connectivity index (χ4n) is 6.76. The Morgan fingerprint density at radius 2 is 1.06 bits per heavy atom. The number of nitrogens with one attached hydrogen (secondary N) is 1. The molecule has 3 saturated heterocycles. The Balaban J connectivity index is 1.62. The summed E-state index contributed by atoms with van der Waals surface area (Å²) in [6.45, 7) is 1.38. The summed E-state index contributed by atoms with van der Waals surface area (Å²) < 4.78 is 33.7. The molecule has 0 bridgehead atoms. The van der Waals surface area contributed by atoms with E-state index in [1.807, 2.05) is 6.92 Å². The second-order valence-corrected chi connectivity index (χ2v) is 14.4. The smallest absolute Gasteiger partial charge is 0.220 e. The number of rotatable bonds is 23. The molecule has 3 fully saturated rings. The molecule has 19 nitrogen and oxygen atoms in total. The van der Waals surface area contributed by atoms with Crippen LogP contribution in [0.15, 0.2) is 0 Å². The molecule has 3 aliphatic rings. The van der Waals surface area contributed by atoms with Gasteiger partial charge in [0.15, 0.2) is 18.9 Å². The van der Waals surface area contributed by atoms with Crippen molar-refractivity contribution in [3.8, 4) is 0 Å². The standard InChI is InChI=1S/C35H65NO18/c1-3-5-7-8-9-10-11-12-19(40)18(36-23(41)13-6-4-2)17-49-33-29(47)26(44)31(21(15-38)51-33)54-35-30(48)27(45)32(22(16-39)52-35)53-34-28(46)25(43)24(42)20(14-37)50-34/h18-22,24-35,37-40,42-48H,3-17H2,1-2H3,(H,36,41). The minimum atomic E-state index is -1.96. The summed E-state index contributed by atoms with van der Waals surface area (Å²) in [5.41, 5.74) is 0. The SMILES string of the molecule is CCCCCCCCCC(O)C(COC1OC(CO)C(OC2OC(CO)C(OC3OC(CO)C(O)C(O)C3O)C(O)C2O)C(O)C1O)NC(=O)CCCC. The average Bonchev–Trinajstić information content (AvgIpc) is 3.16. The van der Waals surface area contributed by atoms with E-state index in [9.17, 15) is 61.0 Å². The third kappa shape index (κ3) is 12.9. The van der Waals surface area contributed by atoms with Crippen LogP contribution < -0.4 is 5.32 Å². The maximum atomic E-state index is 12.6. The fourth-order valence-corrected chi connectivity index (χ4v) is 6.76. The van der Waals surface area contributed by atoms with Crippen LogP contribution in [0, 0.1) is 0 Å². The largest absolute Gasteiger partial charge is 0.394 e. The van der Waals surface area contributed by atoms with E-state index in [1.54, 1.807) is 0 Å². The molecular weight excluding hydrogens is 722 g/mol. The molecule has 0 aliphatic carbocycles. The summed E-state index contributed by atoms with van der Waals surface area (Å²) in [6.07, 6.45) is -17.1. The normalized spacial score (nSPS) is 38.6. The van der Waals surface area contributed by atoms with Crippen LogP contribution >= 0.6 is 0 Å². The molecule has 54 heavy (non-hydrogen) atoms. The molecule has 19 heteroatoms. The predicted octanol–water partition coefficient (Wildman–Crippen LogP) is -3.37. The summed E-state index contributed by atoms with van der Waals surface area (Å²) in [5, 5.41) is 118. The zero-order valence-corrected chi connectivity index (χ0v) is 31.2. The number of ether oxygens (including phenoxy) is 6. The van der Waals surface area contributed by atoms with Gasteiger partial charge < -0.3 is 89.9 Å². The van der Waals surface area contributed by atoms with Gasteiger partial charge >= 0.3 is 0 Å². The molecular formula is C35H65NO18. The van der Waals surface area contributed by atoms with Crippen molar-refractivity contribution in [3.05, 3.63) is 0 Å². The first kappa shape index (κ1) is 47.2. The van der Waals surface area contributed by atoms with Gasteiger partial charge in [-0.05, 0) is 12.8 Å². The van der Waals surface area contributed by atoms with Gasteiger partial charge in [0.2, 0.25) is 5.91 Å². The molecule has 0 aromatic heterocycles. The number of aliphatic hydroxyl groups is 11. The van der Waals surface area contributed by atoms with E-state index < -0.39 is 124 Å². The highest BCUT2D eigenvalue weighted by Crippen LogP contribution is 2.32. The minimum Gasteiger partial charge on any atom is -0.394 e. The highest BCUT2D eigenvalue weighted by atomic mass is 16.8. The van der Waals surface area contributed by atoms with Crippen LogP contribution in [0.5, 0.6) is 0 Å². The monoisotopic (exact) mass is 787 g/mol. The van der Waals surface area contributed by atoms with E-state index in [1.165, 1.54) is 6.42 Å². The first-order valence-electron chi connectivity index (χ1n) is 19.3. The van der Waals surface area contributed by atoms with E-state index in [2.05, 4.69) is 12.2 Å². The van der Waals surface area contributed by atoms with Crippen molar-refractivity contribution in [2.45, 2.75) is 189 Å². The molecule has 3 aliphatic heterocycles. The predicted molar refractivity (Wildman–Crippen MR) is 185 cm³/mol. The van der Waals surface area contributed by atoms with E-state index in [0.717, 1.165) is 44.9 Å². The third-order valence-corrected chi connectivity index (χ3v) is 10.2. The van der Waals surface area contributed by atoms with Gasteiger partial charge in [-0.25, -0.2) is 0 Å². The summed E-state index contributed by atoms with van der Waals surface area (Å²) in [4.78, 5) is 12.6. The Morgan fingerprint density at radius 1 is 0.593 bits per heavy atom. The molecule has 0 radical (unpaired) electrons. The van der Waals surface area contributed by atoms with Crippen LogP contribution in [0.4, 0.5) is 0 Å². The van der Waals surface area contributed by atoms with Crippen LogP contribution in [-0.4, -0.2) is 193 Å². The van der Waals surface area contributed by atoms with Crippen molar-refractivity contribution in [1.82, 2.24) is 5.32 Å². The molecule has 1 amide bonds. The van der Waals surface area contributed by atoms with Crippen molar-refractivity contribution >= 4 is 5.91 Å². The number of aliphatic hydroxyl groups excluding tert-OH is 11. The number of carbonyl (C=O) groups excluding carboxylic acids is 1. The van der Waals surface area contributed by atoms with Crippen LogP contribution in [0.2, 0.25) is 0 Å². The van der Waals surface area contributed by atoms with Crippen molar-refractivity contribution in [1.29, 1.82) is 0 Å². The van der Waals surface area contributed by atoms with Crippen LogP contribution in [0.25, 0.3) is 0 Å². The van der Waals surface area contributed by atoms with Gasteiger partial charge in [-0.2, -0.15) is 0 Å². The van der Waals surface area contributed by atoms with E-state index in [4.69, 9.17) is 28.4 Å². The third-order valence-electron chi connectivity index (χ3n) is 10.2. The van der Waals surface area contributed by atoms with Crippen LogP contribution in [-0.2, 0) is 33.2 Å². The molecule has 0 aromatic rings. The Morgan fingerprint density at radius 3 is 1.59 bits per heavy atom. The van der Waals surface area contributed by atoms with Crippen LogP contribution in [0.1, 0.15) is 84.5 Å². The Labute approximate surface area is 315 Å². The van der Waals surface area contributed by atoms with E-state index >= 15 is 0 Å². The number of hydrogen-bond donors (Lipinski definition) is 12. The van der Waals surface area contributed by atoms with E-state index in [0.29, 0.717) is 12.8 Å². The van der Waals surface area contributed by atoms with Gasteiger partial charge in [0.25, 0.3) is 0 Å². The van der Waals surface area contributed by atoms with E-state index in [-0.39, 0.29) is 18.9 Å². The highest BCUT2D eigenvalue weighted by molar-refractivity contribution is 5.76. The molecule has 3 heterocycles. The first-order valence-corrected chi connectivity index (χ1v) is 19.3. The average molecular weight is 788 g/mol. The zero-order chi connectivity index (χ0) is 39.9. The van der Waals surface area contributed by atoms with Crippen molar-refractivity contribution < 1.29 is 89.4 Å². The molecule has 12 N–H and O–H groups in total. The lowest BCUT2D eigenvalue weighted by molar-refractivity contribution is -0.379. The van der Waals surface area contributed by atoms with Gasteiger partial charge in [0.05, 0.1) is 38.6 Å². The van der Waals surface area contributed by atoms with Crippen molar-refractivity contribution in [3.63, 3.8) is 0 Å². The summed E-state index contributed by atoms with van der Waals surface area (Å²) >= 11 is 0. The molecule has 3 rings (SSSR count). The summed E-state index contributed by atoms with van der Waals surface area (Å²) in [5.74, 6) is -0.286. The lowest BCUT2D eigenvalue weighted by Gasteiger charge is -2.48. The van der Waals surface area contributed by atoms with Gasteiger partial charge in [-0.3, -0.25) is 4.79 Å². The van der Waals surface area contributed by atoms with Crippen LogP contribution in [0.3, 0.4) is 0 Å².